The second-order valence-electron chi connectivity index (χ2n) is 6.19. The number of benzene rings is 2. The number of hydrogen-bond acceptors (Lipinski definition) is 4. The maximum absolute atomic E-state index is 14.2. The Balaban J connectivity index is 1.96. The van der Waals surface area contributed by atoms with E-state index in [1.165, 1.54) is 23.9 Å². The van der Waals surface area contributed by atoms with Gasteiger partial charge in [0.15, 0.2) is 5.17 Å². The molecule has 142 valence electrons. The van der Waals surface area contributed by atoms with E-state index in [9.17, 15) is 18.0 Å². The first-order chi connectivity index (χ1) is 12.7. The lowest BCUT2D eigenvalue weighted by Crippen LogP contribution is -2.29. The van der Waals surface area contributed by atoms with Crippen LogP contribution in [0.3, 0.4) is 0 Å². The van der Waals surface area contributed by atoms with Gasteiger partial charge in [-0.3, -0.25) is 9.79 Å². The predicted octanol–water partition coefficient (Wildman–Crippen LogP) is 4.68. The van der Waals surface area contributed by atoms with Gasteiger partial charge in [0, 0.05) is 5.75 Å². The summed E-state index contributed by atoms with van der Waals surface area (Å²) in [5, 5.41) is 2.01. The van der Waals surface area contributed by atoms with Gasteiger partial charge in [0.2, 0.25) is 0 Å². The quantitative estimate of drug-likeness (QED) is 0.718. The van der Waals surface area contributed by atoms with Crippen molar-refractivity contribution < 1.29 is 18.0 Å². The zero-order chi connectivity index (χ0) is 19.8. The number of carbonyl (C=O) groups is 1. The van der Waals surface area contributed by atoms with E-state index >= 15 is 0 Å². The first-order valence-corrected chi connectivity index (χ1v) is 9.30. The summed E-state index contributed by atoms with van der Waals surface area (Å²) in [7, 11) is 0. The highest BCUT2D eigenvalue weighted by Gasteiger charge is 2.30. The second kappa shape index (κ2) is 7.44. The van der Waals surface area contributed by atoms with Crippen molar-refractivity contribution in [3.05, 3.63) is 63.9 Å². The molecule has 0 fully saturated rings. The summed E-state index contributed by atoms with van der Waals surface area (Å²) in [4.78, 5) is 16.8. The Morgan fingerprint density at radius 2 is 1.89 bits per heavy atom. The SMILES string of the molecule is CC1(c2ccc(F)c(NC(=O)c3c(F)ccc(F)c3Cl)c2)CCSC(N)=N1. The number of rotatable bonds is 3. The van der Waals surface area contributed by atoms with E-state index in [0.29, 0.717) is 17.2 Å². The van der Waals surface area contributed by atoms with Crippen LogP contribution >= 0.6 is 23.4 Å². The molecule has 0 spiro atoms. The van der Waals surface area contributed by atoms with Gasteiger partial charge in [0.1, 0.15) is 17.5 Å². The van der Waals surface area contributed by atoms with Crippen LogP contribution in [0.2, 0.25) is 5.02 Å². The van der Waals surface area contributed by atoms with Crippen molar-refractivity contribution in [2.75, 3.05) is 11.1 Å². The zero-order valence-corrected chi connectivity index (χ0v) is 15.7. The van der Waals surface area contributed by atoms with Gasteiger partial charge >= 0.3 is 0 Å². The Morgan fingerprint density at radius 1 is 1.22 bits per heavy atom. The number of anilines is 1. The van der Waals surface area contributed by atoms with Crippen molar-refractivity contribution in [1.29, 1.82) is 0 Å². The summed E-state index contributed by atoms with van der Waals surface area (Å²) in [6.45, 7) is 1.85. The van der Waals surface area contributed by atoms with Crippen LogP contribution in [0.4, 0.5) is 18.9 Å². The van der Waals surface area contributed by atoms with E-state index in [4.69, 9.17) is 17.3 Å². The Morgan fingerprint density at radius 3 is 2.59 bits per heavy atom. The van der Waals surface area contributed by atoms with Crippen LogP contribution in [0, 0.1) is 17.5 Å². The van der Waals surface area contributed by atoms with Gasteiger partial charge in [-0.1, -0.05) is 29.4 Å². The van der Waals surface area contributed by atoms with Gasteiger partial charge in [0.05, 0.1) is 21.8 Å². The number of amidine groups is 1. The molecule has 0 saturated heterocycles. The fourth-order valence-corrected chi connectivity index (χ4v) is 3.98. The number of thioether (sulfide) groups is 1. The normalized spacial score (nSPS) is 19.5. The minimum atomic E-state index is -1.06. The molecule has 9 heteroatoms. The Bertz CT molecular complexity index is 954. The minimum absolute atomic E-state index is 0.189. The maximum atomic E-state index is 14.2. The number of amides is 1. The number of nitrogens with zero attached hydrogens (tertiary/aromatic N) is 1. The maximum Gasteiger partial charge on any atom is 0.260 e. The lowest BCUT2D eigenvalue weighted by Gasteiger charge is -2.30. The van der Waals surface area contributed by atoms with E-state index in [2.05, 4.69) is 10.3 Å². The minimum Gasteiger partial charge on any atom is -0.379 e. The molecule has 2 aromatic carbocycles. The molecule has 3 N–H and O–H groups in total. The van der Waals surface area contributed by atoms with Crippen LogP contribution in [0.15, 0.2) is 35.3 Å². The number of carbonyl (C=O) groups excluding carboxylic acids is 1. The van der Waals surface area contributed by atoms with E-state index in [1.807, 2.05) is 6.92 Å². The molecule has 1 heterocycles. The lowest BCUT2D eigenvalue weighted by molar-refractivity contribution is 0.102. The van der Waals surface area contributed by atoms with Crippen LogP contribution in [0.5, 0.6) is 0 Å². The highest BCUT2D eigenvalue weighted by atomic mass is 35.5. The average molecular weight is 414 g/mol. The Hall–Kier alpha value is -2.19. The van der Waals surface area contributed by atoms with Crippen LogP contribution in [0.25, 0.3) is 0 Å². The van der Waals surface area contributed by atoms with Gasteiger partial charge in [-0.2, -0.15) is 0 Å². The molecule has 0 aromatic heterocycles. The van der Waals surface area contributed by atoms with Gasteiger partial charge < -0.3 is 11.1 Å². The Kier molecular flexibility index (Phi) is 5.39. The molecule has 0 aliphatic carbocycles. The van der Waals surface area contributed by atoms with Crippen molar-refractivity contribution in [3.8, 4) is 0 Å². The van der Waals surface area contributed by atoms with Crippen molar-refractivity contribution in [1.82, 2.24) is 0 Å². The van der Waals surface area contributed by atoms with E-state index < -0.39 is 39.5 Å². The number of nitrogens with one attached hydrogen (secondary N) is 1. The van der Waals surface area contributed by atoms with E-state index in [0.717, 1.165) is 17.9 Å². The first kappa shape index (κ1) is 19.6. The molecule has 0 bridgehead atoms. The topological polar surface area (TPSA) is 67.5 Å². The summed E-state index contributed by atoms with van der Waals surface area (Å²) in [5.41, 5.74) is 4.87. The second-order valence-corrected chi connectivity index (χ2v) is 7.68. The van der Waals surface area contributed by atoms with E-state index in [1.54, 1.807) is 6.07 Å². The molecular formula is C18H15ClF3N3OS. The standard InChI is InChI=1S/C18H15ClF3N3OS/c1-18(6-7-27-17(23)25-18)9-2-3-10(20)13(8-9)24-16(26)14-11(21)4-5-12(22)15(14)19/h2-5,8H,6-7H2,1H3,(H2,23,25)(H,24,26). The number of aliphatic imine (C=N–C) groups is 1. The smallest absolute Gasteiger partial charge is 0.260 e. The fraction of sp³-hybridized carbons (Fsp3) is 0.222. The van der Waals surface area contributed by atoms with E-state index in [-0.39, 0.29) is 5.69 Å². The Labute approximate surface area is 163 Å². The molecule has 1 aliphatic heterocycles. The predicted molar refractivity (Wildman–Crippen MR) is 102 cm³/mol. The first-order valence-electron chi connectivity index (χ1n) is 7.94. The van der Waals surface area contributed by atoms with Gasteiger partial charge in [0.25, 0.3) is 5.91 Å². The fourth-order valence-electron chi connectivity index (χ4n) is 2.77. The highest BCUT2D eigenvalue weighted by molar-refractivity contribution is 8.13. The lowest BCUT2D eigenvalue weighted by atomic mass is 9.89. The summed E-state index contributed by atoms with van der Waals surface area (Å²) in [5.74, 6) is -3.00. The summed E-state index contributed by atoms with van der Waals surface area (Å²) < 4.78 is 41.7. The molecule has 4 nitrogen and oxygen atoms in total. The molecule has 0 saturated carbocycles. The molecule has 0 radical (unpaired) electrons. The molecular weight excluding hydrogens is 399 g/mol. The third kappa shape index (κ3) is 3.91. The van der Waals surface area contributed by atoms with Gasteiger partial charge in [-0.05, 0) is 43.2 Å². The zero-order valence-electron chi connectivity index (χ0n) is 14.2. The molecule has 27 heavy (non-hydrogen) atoms. The molecule has 1 atom stereocenters. The molecule has 1 amide bonds. The molecule has 1 aliphatic rings. The van der Waals surface area contributed by atoms with Crippen LogP contribution < -0.4 is 11.1 Å². The van der Waals surface area contributed by atoms with Crippen molar-refractivity contribution in [2.24, 2.45) is 10.7 Å². The van der Waals surface area contributed by atoms with Crippen molar-refractivity contribution >= 4 is 40.1 Å². The molecule has 3 rings (SSSR count). The third-order valence-electron chi connectivity index (χ3n) is 4.30. The summed E-state index contributed by atoms with van der Waals surface area (Å²) >= 11 is 7.11. The number of nitrogens with two attached hydrogens (primary N) is 1. The van der Waals surface area contributed by atoms with Crippen molar-refractivity contribution in [2.45, 2.75) is 18.9 Å². The van der Waals surface area contributed by atoms with Gasteiger partial charge in [-0.25, -0.2) is 13.2 Å². The van der Waals surface area contributed by atoms with Crippen LogP contribution in [0.1, 0.15) is 29.3 Å². The third-order valence-corrected chi connectivity index (χ3v) is 5.47. The highest BCUT2D eigenvalue weighted by Crippen LogP contribution is 2.36. The monoisotopic (exact) mass is 413 g/mol. The number of halogens is 4. The van der Waals surface area contributed by atoms with Crippen LogP contribution in [-0.2, 0) is 5.54 Å². The largest absolute Gasteiger partial charge is 0.379 e. The summed E-state index contributed by atoms with van der Waals surface area (Å²) in [6.07, 6.45) is 0.668. The summed E-state index contributed by atoms with van der Waals surface area (Å²) in [6, 6.07) is 5.72. The van der Waals surface area contributed by atoms with Gasteiger partial charge in [-0.15, -0.1) is 0 Å². The molecule has 2 aromatic rings. The van der Waals surface area contributed by atoms with Crippen LogP contribution in [-0.4, -0.2) is 16.8 Å². The van der Waals surface area contributed by atoms with Crippen molar-refractivity contribution in [3.63, 3.8) is 0 Å². The molecule has 1 unspecified atom stereocenters. The number of hydrogen-bond donors (Lipinski definition) is 2. The average Bonchev–Trinajstić information content (AvgIpc) is 2.60.